The Kier molecular flexibility index (Phi) is 19.2. The number of hydrogen-bond acceptors (Lipinski definition) is 3. The molecule has 0 aromatic carbocycles. The molecule has 5 N–H and O–H groups in total. The van der Waals surface area contributed by atoms with E-state index in [2.05, 4.69) is 0 Å². The summed E-state index contributed by atoms with van der Waals surface area (Å²) in [4.78, 5) is 21.6. The summed E-state index contributed by atoms with van der Waals surface area (Å²) >= 11 is 0. The van der Waals surface area contributed by atoms with Crippen LogP contribution < -0.4 is 0 Å². The first-order valence-electron chi connectivity index (χ1n) is 1.48. The van der Waals surface area contributed by atoms with Gasteiger partial charge < -0.3 is 14.7 Å². The van der Waals surface area contributed by atoms with Crippen LogP contribution in [-0.2, 0) is 15.0 Å². The Morgan fingerprint density at radius 3 is 1.00 bits per heavy atom. The fourth-order valence-electron chi connectivity index (χ4n) is 0. The molecule has 0 rings (SSSR count). The van der Waals surface area contributed by atoms with Gasteiger partial charge >= 0.3 is 83.3 Å². The average molecular weight is 447 g/mol. The predicted molar refractivity (Wildman–Crippen MR) is 45.5 cm³/mol. The van der Waals surface area contributed by atoms with E-state index in [9.17, 15) is 0 Å². The molecule has 74 valence electrons. The van der Waals surface area contributed by atoms with Gasteiger partial charge in [0.1, 0.15) is 0 Å². The third-order valence-electron chi connectivity index (χ3n) is 0. The van der Waals surface area contributed by atoms with E-state index in [0.29, 0.717) is 0 Å². The zero-order valence-corrected chi connectivity index (χ0v) is 12.2. The van der Waals surface area contributed by atoms with Crippen molar-refractivity contribution in [3.63, 3.8) is 0 Å². The molecule has 2 radical (unpaired) electrons. The minimum atomic E-state index is -4.67. The normalized spacial score (nSPS) is 9.75. The molecule has 0 saturated carbocycles. The van der Waals surface area contributed by atoms with E-state index in [1.54, 1.807) is 0 Å². The fourth-order valence-corrected chi connectivity index (χ4v) is 0. The molecular weight excluding hydrogens is 438 g/mol. The van der Waals surface area contributed by atoms with Crippen molar-refractivity contribution in [1.82, 2.24) is 0 Å². The number of hydrogen-bond donors (Lipinski definition) is 5. The van der Waals surface area contributed by atoms with Gasteiger partial charge in [0.15, 0.2) is 0 Å². The summed E-state index contributed by atoms with van der Waals surface area (Å²) in [7, 11) is -9.31. The molecular formula is H9CaO8PPbS. The molecule has 0 atom stereocenters. The maximum atomic E-state index is 8.88. The second-order valence-corrected chi connectivity index (χ2v) is 2.88. The Morgan fingerprint density at radius 2 is 1.00 bits per heavy atom. The van der Waals surface area contributed by atoms with Crippen molar-refractivity contribution < 1.29 is 36.8 Å². The van der Waals surface area contributed by atoms with Gasteiger partial charge in [-0.15, -0.1) is 0 Å². The van der Waals surface area contributed by atoms with Crippen LogP contribution in [0.15, 0.2) is 0 Å². The number of rotatable bonds is 0. The monoisotopic (exact) mass is 448 g/mol. The second-order valence-electron chi connectivity index (χ2n) is 0.961. The molecule has 0 bridgehead atoms. The zero-order chi connectivity index (χ0) is 9.00. The van der Waals surface area contributed by atoms with Crippen molar-refractivity contribution in [2.45, 2.75) is 0 Å². The summed E-state index contributed by atoms with van der Waals surface area (Å²) in [6.07, 6.45) is 0. The van der Waals surface area contributed by atoms with Crippen molar-refractivity contribution in [2.75, 3.05) is 0 Å². The second kappa shape index (κ2) is 9.71. The molecule has 0 unspecified atom stereocenters. The molecule has 0 aliphatic carbocycles. The summed E-state index contributed by atoms with van der Waals surface area (Å²) in [5.74, 6) is 0. The van der Waals surface area contributed by atoms with Gasteiger partial charge in [-0.2, -0.15) is 8.42 Å². The predicted octanol–water partition coefficient (Wildman–Crippen LogP) is -3.41. The zero-order valence-electron chi connectivity index (χ0n) is 5.02. The van der Waals surface area contributed by atoms with Gasteiger partial charge in [-0.05, 0) is 0 Å². The van der Waals surface area contributed by atoms with Crippen LogP contribution in [0.1, 0.15) is 0 Å². The molecule has 0 aliphatic heterocycles. The standard InChI is InChI=1S/Ca.H3O4P.H2O4S.Pb.4H/c;2*1-5(2,3)4;;;;;/h;(H3,1,2,3,4);(H2,1,2,3,4);;;;;. The van der Waals surface area contributed by atoms with Crippen molar-refractivity contribution in [1.29, 1.82) is 0 Å². The van der Waals surface area contributed by atoms with Crippen LogP contribution >= 0.6 is 7.82 Å². The molecule has 0 aromatic rings. The quantitative estimate of drug-likeness (QED) is 0.146. The molecule has 12 heteroatoms. The topological polar surface area (TPSA) is 152 Å². The van der Waals surface area contributed by atoms with Crippen molar-refractivity contribution >= 4 is 83.3 Å². The molecule has 0 heterocycles. The summed E-state index contributed by atoms with van der Waals surface area (Å²) in [5, 5.41) is 0. The number of phosphoric acid groups is 1. The SMILES string of the molecule is O=P(O)(O)O.O=S(=O)(O)O.[CaH2].[PbH2]. The molecule has 0 fully saturated rings. The molecule has 0 spiro atoms. The summed E-state index contributed by atoms with van der Waals surface area (Å²) in [5.41, 5.74) is 0. The van der Waals surface area contributed by atoms with Gasteiger partial charge in [0, 0.05) is 0 Å². The van der Waals surface area contributed by atoms with E-state index in [1.807, 2.05) is 0 Å². The van der Waals surface area contributed by atoms with Gasteiger partial charge in [0.2, 0.25) is 0 Å². The Bertz CT molecular complexity index is 197. The molecule has 0 aliphatic rings. The van der Waals surface area contributed by atoms with E-state index in [-0.39, 0.29) is 65.0 Å². The van der Waals surface area contributed by atoms with E-state index < -0.39 is 18.2 Å². The third kappa shape index (κ3) is 324. The van der Waals surface area contributed by atoms with E-state index in [1.165, 1.54) is 0 Å². The first kappa shape index (κ1) is 23.8. The van der Waals surface area contributed by atoms with Crippen LogP contribution in [-0.4, -0.2) is 97.2 Å². The van der Waals surface area contributed by atoms with Gasteiger partial charge in [-0.3, -0.25) is 9.11 Å². The average Bonchev–Trinajstić information content (AvgIpc) is 1.12. The molecule has 0 amide bonds. The third-order valence-corrected chi connectivity index (χ3v) is 0. The Hall–Kier alpha value is 2.16. The van der Waals surface area contributed by atoms with E-state index in [0.717, 1.165) is 0 Å². The Balaban J connectivity index is -0.0000000457. The summed E-state index contributed by atoms with van der Waals surface area (Å²) in [6, 6.07) is 0. The van der Waals surface area contributed by atoms with Crippen molar-refractivity contribution in [3.8, 4) is 0 Å². The van der Waals surface area contributed by atoms with Crippen molar-refractivity contribution in [3.05, 3.63) is 0 Å². The van der Waals surface area contributed by atoms with Crippen molar-refractivity contribution in [2.24, 2.45) is 0 Å². The molecule has 0 aromatic heterocycles. The first-order chi connectivity index (χ1) is 4.00. The summed E-state index contributed by atoms with van der Waals surface area (Å²) in [6.45, 7) is 0. The minimum absolute atomic E-state index is 0. The Morgan fingerprint density at radius 1 is 1.00 bits per heavy atom. The molecule has 8 nitrogen and oxygen atoms in total. The fraction of sp³-hybridized carbons (Fsp3) is 0. The van der Waals surface area contributed by atoms with Crippen LogP contribution in [0.25, 0.3) is 0 Å². The molecule has 12 heavy (non-hydrogen) atoms. The van der Waals surface area contributed by atoms with Crippen LogP contribution in [0.2, 0.25) is 0 Å². The molecule has 0 saturated heterocycles. The first-order valence-corrected chi connectivity index (χ1v) is 4.44. The Labute approximate surface area is 118 Å². The van der Waals surface area contributed by atoms with Gasteiger partial charge in [0.25, 0.3) is 0 Å². The van der Waals surface area contributed by atoms with Crippen LogP contribution in [0.4, 0.5) is 0 Å². The van der Waals surface area contributed by atoms with Crippen LogP contribution in [0, 0.1) is 0 Å². The summed E-state index contributed by atoms with van der Waals surface area (Å²) < 4.78 is 40.5. The van der Waals surface area contributed by atoms with Gasteiger partial charge in [-0.25, -0.2) is 4.57 Å². The maximum absolute atomic E-state index is 8.88. The van der Waals surface area contributed by atoms with E-state index in [4.69, 9.17) is 36.8 Å². The van der Waals surface area contributed by atoms with Gasteiger partial charge in [0.05, 0.1) is 0 Å². The van der Waals surface area contributed by atoms with Crippen LogP contribution in [0.5, 0.6) is 0 Å². The van der Waals surface area contributed by atoms with E-state index >= 15 is 0 Å². The van der Waals surface area contributed by atoms with Gasteiger partial charge in [-0.1, -0.05) is 0 Å². The van der Waals surface area contributed by atoms with Crippen LogP contribution in [0.3, 0.4) is 0 Å².